The van der Waals surface area contributed by atoms with Crippen molar-refractivity contribution in [1.29, 1.82) is 0 Å². The van der Waals surface area contributed by atoms with Gasteiger partial charge in [0, 0.05) is 18.8 Å². The monoisotopic (exact) mass is 289 g/mol. The molecule has 0 aliphatic rings. The van der Waals surface area contributed by atoms with Crippen LogP contribution in [0, 0.1) is 5.82 Å². The fourth-order valence-electron chi connectivity index (χ4n) is 1.88. The Labute approximate surface area is 124 Å². The average molecular weight is 289 g/mol. The Morgan fingerprint density at radius 1 is 1.05 bits per heavy atom. The molecule has 2 aromatic rings. The second-order valence-corrected chi connectivity index (χ2v) is 4.55. The maximum absolute atomic E-state index is 12.8. The van der Waals surface area contributed by atoms with Crippen molar-refractivity contribution in [3.8, 4) is 5.75 Å². The van der Waals surface area contributed by atoms with Crippen molar-refractivity contribution in [2.24, 2.45) is 0 Å². The van der Waals surface area contributed by atoms with Crippen molar-refractivity contribution in [3.63, 3.8) is 0 Å². The van der Waals surface area contributed by atoms with Crippen LogP contribution in [-0.4, -0.2) is 19.8 Å². The molecule has 0 fully saturated rings. The van der Waals surface area contributed by atoms with Gasteiger partial charge < -0.3 is 14.8 Å². The molecule has 112 valence electrons. The van der Waals surface area contributed by atoms with E-state index in [1.165, 1.54) is 12.1 Å². The highest BCUT2D eigenvalue weighted by molar-refractivity contribution is 5.44. The molecule has 0 radical (unpaired) electrons. The van der Waals surface area contributed by atoms with Crippen LogP contribution < -0.4 is 10.1 Å². The minimum absolute atomic E-state index is 0.231. The maximum Gasteiger partial charge on any atom is 0.123 e. The fraction of sp³-hybridized carbons (Fsp3) is 0.294. The van der Waals surface area contributed by atoms with Gasteiger partial charge in [-0.1, -0.05) is 12.1 Å². The first-order valence-electron chi connectivity index (χ1n) is 7.07. The zero-order valence-corrected chi connectivity index (χ0v) is 12.1. The number of hydrogen-bond acceptors (Lipinski definition) is 3. The van der Waals surface area contributed by atoms with Gasteiger partial charge in [-0.25, -0.2) is 4.39 Å². The lowest BCUT2D eigenvalue weighted by atomic mass is 10.2. The zero-order valence-electron chi connectivity index (χ0n) is 12.1. The predicted molar refractivity (Wildman–Crippen MR) is 82.2 cm³/mol. The SMILES string of the molecule is CCOCCOc1cccc(CNc2ccc(F)cc2)c1. The first kappa shape index (κ1) is 15.3. The van der Waals surface area contributed by atoms with Crippen LogP contribution in [0.4, 0.5) is 10.1 Å². The standard InChI is InChI=1S/C17H20FNO2/c1-2-20-10-11-21-17-5-3-4-14(12-17)13-19-16-8-6-15(18)7-9-16/h3-9,12,19H,2,10-11,13H2,1H3. The van der Waals surface area contributed by atoms with E-state index >= 15 is 0 Å². The molecule has 3 nitrogen and oxygen atoms in total. The molecule has 0 saturated heterocycles. The Morgan fingerprint density at radius 2 is 1.86 bits per heavy atom. The second kappa shape index (κ2) is 8.27. The highest BCUT2D eigenvalue weighted by atomic mass is 19.1. The van der Waals surface area contributed by atoms with Gasteiger partial charge in [-0.05, 0) is 48.9 Å². The molecule has 0 aliphatic carbocycles. The molecule has 0 unspecified atom stereocenters. The van der Waals surface area contributed by atoms with Crippen LogP contribution in [0.25, 0.3) is 0 Å². The number of nitrogens with one attached hydrogen (secondary N) is 1. The van der Waals surface area contributed by atoms with E-state index in [-0.39, 0.29) is 5.82 Å². The number of halogens is 1. The summed E-state index contributed by atoms with van der Waals surface area (Å²) in [6.07, 6.45) is 0. The molecular weight excluding hydrogens is 269 g/mol. The molecule has 21 heavy (non-hydrogen) atoms. The highest BCUT2D eigenvalue weighted by Gasteiger charge is 1.98. The summed E-state index contributed by atoms with van der Waals surface area (Å²) in [6.45, 7) is 4.46. The van der Waals surface area contributed by atoms with Gasteiger partial charge in [0.2, 0.25) is 0 Å². The Kier molecular flexibility index (Phi) is 6.03. The number of anilines is 1. The molecule has 4 heteroatoms. The molecular formula is C17H20FNO2. The van der Waals surface area contributed by atoms with Crippen LogP contribution in [0.2, 0.25) is 0 Å². The van der Waals surface area contributed by atoms with Gasteiger partial charge in [-0.2, -0.15) is 0 Å². The summed E-state index contributed by atoms with van der Waals surface area (Å²) >= 11 is 0. The minimum Gasteiger partial charge on any atom is -0.491 e. The molecule has 2 aromatic carbocycles. The summed E-state index contributed by atoms with van der Waals surface area (Å²) < 4.78 is 23.7. The molecule has 0 heterocycles. The quantitative estimate of drug-likeness (QED) is 0.749. The predicted octanol–water partition coefficient (Wildman–Crippen LogP) is 3.85. The highest BCUT2D eigenvalue weighted by Crippen LogP contribution is 2.15. The lowest BCUT2D eigenvalue weighted by Crippen LogP contribution is -2.06. The first-order chi connectivity index (χ1) is 10.3. The molecule has 2 rings (SSSR count). The smallest absolute Gasteiger partial charge is 0.123 e. The second-order valence-electron chi connectivity index (χ2n) is 4.55. The minimum atomic E-state index is -0.231. The molecule has 0 aromatic heterocycles. The normalized spacial score (nSPS) is 10.4. The number of ether oxygens (including phenoxy) is 2. The topological polar surface area (TPSA) is 30.5 Å². The average Bonchev–Trinajstić information content (AvgIpc) is 2.52. The number of benzene rings is 2. The van der Waals surface area contributed by atoms with Crippen molar-refractivity contribution < 1.29 is 13.9 Å². The van der Waals surface area contributed by atoms with Gasteiger partial charge in [-0.3, -0.25) is 0 Å². The lowest BCUT2D eigenvalue weighted by Gasteiger charge is -2.09. The van der Waals surface area contributed by atoms with Crippen molar-refractivity contribution in [2.45, 2.75) is 13.5 Å². The van der Waals surface area contributed by atoms with Crippen LogP contribution >= 0.6 is 0 Å². The van der Waals surface area contributed by atoms with Gasteiger partial charge >= 0.3 is 0 Å². The van der Waals surface area contributed by atoms with E-state index in [9.17, 15) is 4.39 Å². The van der Waals surface area contributed by atoms with Crippen LogP contribution in [0.1, 0.15) is 12.5 Å². The van der Waals surface area contributed by atoms with E-state index in [2.05, 4.69) is 5.32 Å². The molecule has 0 saturated carbocycles. The number of hydrogen-bond donors (Lipinski definition) is 1. The maximum atomic E-state index is 12.8. The molecule has 0 spiro atoms. The molecule has 0 aliphatic heterocycles. The van der Waals surface area contributed by atoms with E-state index in [1.54, 1.807) is 12.1 Å². The van der Waals surface area contributed by atoms with Gasteiger partial charge in [0.15, 0.2) is 0 Å². The third kappa shape index (κ3) is 5.44. The Balaban J connectivity index is 1.84. The van der Waals surface area contributed by atoms with Gasteiger partial charge in [0.05, 0.1) is 6.61 Å². The summed E-state index contributed by atoms with van der Waals surface area (Å²) in [5, 5.41) is 3.24. The van der Waals surface area contributed by atoms with Gasteiger partial charge in [0.25, 0.3) is 0 Å². The van der Waals surface area contributed by atoms with Crippen molar-refractivity contribution in [3.05, 3.63) is 59.9 Å². The van der Waals surface area contributed by atoms with Crippen molar-refractivity contribution in [1.82, 2.24) is 0 Å². The van der Waals surface area contributed by atoms with E-state index in [4.69, 9.17) is 9.47 Å². The summed E-state index contributed by atoms with van der Waals surface area (Å²) in [6, 6.07) is 14.2. The molecule has 1 N–H and O–H groups in total. The lowest BCUT2D eigenvalue weighted by molar-refractivity contribution is 0.110. The van der Waals surface area contributed by atoms with Crippen molar-refractivity contribution in [2.75, 3.05) is 25.1 Å². The summed E-state index contributed by atoms with van der Waals surface area (Å²) in [5.74, 6) is 0.596. The third-order valence-corrected chi connectivity index (χ3v) is 2.94. The largest absolute Gasteiger partial charge is 0.491 e. The first-order valence-corrected chi connectivity index (χ1v) is 7.07. The summed E-state index contributed by atoms with van der Waals surface area (Å²) in [5.41, 5.74) is 1.99. The van der Waals surface area contributed by atoms with E-state index in [0.717, 1.165) is 17.0 Å². The van der Waals surface area contributed by atoms with Crippen LogP contribution in [0.5, 0.6) is 5.75 Å². The van der Waals surface area contributed by atoms with Crippen LogP contribution in [0.3, 0.4) is 0 Å². The van der Waals surface area contributed by atoms with E-state index in [0.29, 0.717) is 26.4 Å². The zero-order chi connectivity index (χ0) is 14.9. The summed E-state index contributed by atoms with van der Waals surface area (Å²) in [4.78, 5) is 0. The molecule has 0 bridgehead atoms. The number of rotatable bonds is 8. The summed E-state index contributed by atoms with van der Waals surface area (Å²) in [7, 11) is 0. The Hall–Kier alpha value is -2.07. The van der Waals surface area contributed by atoms with Crippen LogP contribution in [0.15, 0.2) is 48.5 Å². The third-order valence-electron chi connectivity index (χ3n) is 2.94. The van der Waals surface area contributed by atoms with Crippen LogP contribution in [-0.2, 0) is 11.3 Å². The molecule has 0 amide bonds. The Bertz CT molecular complexity index is 543. The van der Waals surface area contributed by atoms with Gasteiger partial charge in [0.1, 0.15) is 18.2 Å². The molecule has 0 atom stereocenters. The fourth-order valence-corrected chi connectivity index (χ4v) is 1.88. The van der Waals surface area contributed by atoms with Crippen molar-refractivity contribution >= 4 is 5.69 Å². The van der Waals surface area contributed by atoms with E-state index < -0.39 is 0 Å². The Morgan fingerprint density at radius 3 is 2.62 bits per heavy atom. The van der Waals surface area contributed by atoms with E-state index in [1.807, 2.05) is 31.2 Å². The van der Waals surface area contributed by atoms with Gasteiger partial charge in [-0.15, -0.1) is 0 Å².